The van der Waals surface area contributed by atoms with Crippen LogP contribution in [0.4, 0.5) is 5.95 Å². The number of para-hydroxylation sites is 1. The third-order valence-corrected chi connectivity index (χ3v) is 8.15. The van der Waals surface area contributed by atoms with E-state index in [2.05, 4.69) is 41.0 Å². The van der Waals surface area contributed by atoms with Crippen LogP contribution in [0.25, 0.3) is 17.2 Å². The molecule has 1 amide bonds. The number of aliphatic hydroxyl groups is 2. The number of hydrogen-bond donors (Lipinski definition) is 3. The van der Waals surface area contributed by atoms with E-state index in [0.717, 1.165) is 6.42 Å². The molecule has 1 saturated heterocycles. The highest BCUT2D eigenvalue weighted by Gasteiger charge is 2.35. The summed E-state index contributed by atoms with van der Waals surface area (Å²) in [7, 11) is 0. The predicted molar refractivity (Wildman–Crippen MR) is 158 cm³/mol. The zero-order valence-corrected chi connectivity index (χ0v) is 24.4. The largest absolute Gasteiger partial charge is 0.484 e. The highest BCUT2D eigenvalue weighted by atomic mass is 16.5. The molecule has 3 heterocycles. The fourth-order valence-corrected chi connectivity index (χ4v) is 5.84. The number of nitrogens with one attached hydrogen (secondary N) is 1. The van der Waals surface area contributed by atoms with Gasteiger partial charge in [0.2, 0.25) is 5.95 Å². The van der Waals surface area contributed by atoms with Crippen molar-refractivity contribution < 1.29 is 29.2 Å². The first-order valence-electron chi connectivity index (χ1n) is 14.8. The maximum Gasteiger partial charge on any atom is 0.264 e. The van der Waals surface area contributed by atoms with E-state index >= 15 is 0 Å². The van der Waals surface area contributed by atoms with Crippen molar-refractivity contribution in [1.29, 1.82) is 0 Å². The molecule has 42 heavy (non-hydrogen) atoms. The number of benzene rings is 1. The van der Waals surface area contributed by atoms with Gasteiger partial charge < -0.3 is 24.4 Å². The van der Waals surface area contributed by atoms with Crippen molar-refractivity contribution in [1.82, 2.24) is 19.5 Å². The number of imidazole rings is 1. The molecule has 1 saturated carbocycles. The summed E-state index contributed by atoms with van der Waals surface area (Å²) >= 11 is 0. The van der Waals surface area contributed by atoms with Crippen molar-refractivity contribution in [2.24, 2.45) is 17.8 Å². The van der Waals surface area contributed by atoms with Crippen LogP contribution < -0.4 is 10.1 Å². The van der Waals surface area contributed by atoms with Crippen molar-refractivity contribution in [2.45, 2.75) is 71.0 Å². The molecule has 3 aromatic rings. The molecule has 226 valence electrons. The topological polar surface area (TPSA) is 141 Å². The van der Waals surface area contributed by atoms with Gasteiger partial charge >= 0.3 is 0 Å². The van der Waals surface area contributed by atoms with Crippen LogP contribution in [0.5, 0.6) is 5.75 Å². The lowest BCUT2D eigenvalue weighted by molar-refractivity contribution is -0.118. The van der Waals surface area contributed by atoms with Gasteiger partial charge in [0, 0.05) is 6.42 Å². The smallest absolute Gasteiger partial charge is 0.264 e. The number of carbonyl (C=O) groups is 1. The molecule has 6 atom stereocenters. The number of aromatic nitrogens is 4. The second-order valence-corrected chi connectivity index (χ2v) is 11.6. The molecule has 11 nitrogen and oxygen atoms in total. The number of carbonyl (C=O) groups excluding carboxylic acids is 1. The van der Waals surface area contributed by atoms with Gasteiger partial charge in [-0.3, -0.25) is 14.7 Å². The standard InChI is InChI=1S/C31H41N5O6/c1-19(2)22-12-11-20(3)14-25(22)40-13-7-10-23-29-30(36(18-32-29)28-15-24(38)26(16-37)42-28)35-31(33-23)34-27(39)17-41-21-8-5-4-6-9-21/h4-10,18-20,22,24-26,28,37-38H,11-17H2,1-3H3,(H,33,34,35,39)/b10-7+/t20-,22+,24+,25-,26-,28-/m1/s1. The zero-order valence-electron chi connectivity index (χ0n) is 24.4. The van der Waals surface area contributed by atoms with Crippen LogP contribution in [0.3, 0.4) is 0 Å². The predicted octanol–water partition coefficient (Wildman–Crippen LogP) is 3.98. The number of ether oxygens (including phenoxy) is 3. The molecule has 0 bridgehead atoms. The summed E-state index contributed by atoms with van der Waals surface area (Å²) in [5, 5.41) is 22.6. The molecule has 0 spiro atoms. The third-order valence-electron chi connectivity index (χ3n) is 8.15. The average Bonchev–Trinajstić information content (AvgIpc) is 3.57. The Balaban J connectivity index is 1.35. The number of nitrogens with zero attached hydrogens (tertiary/aromatic N) is 4. The Labute approximate surface area is 245 Å². The van der Waals surface area contributed by atoms with Gasteiger partial charge in [0.25, 0.3) is 5.91 Å². The molecule has 0 radical (unpaired) electrons. The van der Waals surface area contributed by atoms with Crippen LogP contribution in [-0.2, 0) is 14.3 Å². The number of aliphatic hydroxyl groups excluding tert-OH is 2. The van der Waals surface area contributed by atoms with Crippen LogP contribution >= 0.6 is 0 Å². The highest BCUT2D eigenvalue weighted by Crippen LogP contribution is 2.35. The molecule has 3 N–H and O–H groups in total. The molecule has 5 rings (SSSR count). The normalized spacial score (nSPS) is 26.3. The monoisotopic (exact) mass is 579 g/mol. The van der Waals surface area contributed by atoms with Crippen LogP contribution in [0.15, 0.2) is 42.7 Å². The van der Waals surface area contributed by atoms with E-state index in [9.17, 15) is 15.0 Å². The summed E-state index contributed by atoms with van der Waals surface area (Å²) in [4.78, 5) is 26.4. The fourth-order valence-electron chi connectivity index (χ4n) is 5.84. The van der Waals surface area contributed by atoms with E-state index in [1.54, 1.807) is 23.0 Å². The lowest BCUT2D eigenvalue weighted by Crippen LogP contribution is -2.34. The van der Waals surface area contributed by atoms with E-state index < -0.39 is 24.3 Å². The van der Waals surface area contributed by atoms with Gasteiger partial charge in [-0.25, -0.2) is 9.97 Å². The average molecular weight is 580 g/mol. The summed E-state index contributed by atoms with van der Waals surface area (Å²) in [5.74, 6) is 2.01. The number of hydrogen-bond acceptors (Lipinski definition) is 9. The minimum absolute atomic E-state index is 0.0877. The molecule has 1 aliphatic carbocycles. The SMILES string of the molecule is CC(C)[C@@H]1CC[C@@H](C)C[C@H]1OC/C=C/c1nc(NC(=O)COc2ccccc2)nc2c1ncn2[C@H]1C[C@H](O)[C@@H](CO)O1. The van der Waals surface area contributed by atoms with Crippen molar-refractivity contribution in [3.8, 4) is 5.75 Å². The Morgan fingerprint density at radius 2 is 2.02 bits per heavy atom. The van der Waals surface area contributed by atoms with Gasteiger partial charge in [-0.15, -0.1) is 0 Å². The first-order chi connectivity index (χ1) is 20.3. The molecule has 11 heteroatoms. The van der Waals surface area contributed by atoms with E-state index in [1.165, 1.54) is 12.8 Å². The first-order valence-corrected chi connectivity index (χ1v) is 14.8. The molecular weight excluding hydrogens is 538 g/mol. The molecule has 2 aliphatic rings. The van der Waals surface area contributed by atoms with Gasteiger partial charge in [0.1, 0.15) is 23.6 Å². The Kier molecular flexibility index (Phi) is 9.84. The quantitative estimate of drug-likeness (QED) is 0.308. The third kappa shape index (κ3) is 7.15. The van der Waals surface area contributed by atoms with Crippen LogP contribution in [0.1, 0.15) is 58.4 Å². The molecule has 2 fully saturated rings. The number of anilines is 1. The summed E-state index contributed by atoms with van der Waals surface area (Å²) in [6.45, 7) is 6.72. The Morgan fingerprint density at radius 1 is 1.21 bits per heavy atom. The van der Waals surface area contributed by atoms with Crippen LogP contribution in [0.2, 0.25) is 0 Å². The summed E-state index contributed by atoms with van der Waals surface area (Å²) in [5.41, 5.74) is 1.46. The van der Waals surface area contributed by atoms with Gasteiger partial charge in [0.15, 0.2) is 12.3 Å². The number of rotatable bonds is 11. The van der Waals surface area contributed by atoms with Crippen molar-refractivity contribution in [3.05, 3.63) is 48.4 Å². The van der Waals surface area contributed by atoms with Crippen molar-refractivity contribution >= 4 is 29.1 Å². The Bertz CT molecular complexity index is 1360. The van der Waals surface area contributed by atoms with Gasteiger partial charge in [0.05, 0.1) is 37.4 Å². The molecule has 1 aromatic carbocycles. The molecule has 1 aliphatic heterocycles. The maximum absolute atomic E-state index is 12.7. The van der Waals surface area contributed by atoms with Crippen molar-refractivity contribution in [3.63, 3.8) is 0 Å². The van der Waals surface area contributed by atoms with Crippen LogP contribution in [0, 0.1) is 17.8 Å². The zero-order chi connectivity index (χ0) is 29.6. The molecule has 0 unspecified atom stereocenters. The van der Waals surface area contributed by atoms with E-state index in [-0.39, 0.29) is 31.7 Å². The Morgan fingerprint density at radius 3 is 2.76 bits per heavy atom. The number of fused-ring (bicyclic) bond motifs is 1. The van der Waals surface area contributed by atoms with Gasteiger partial charge in [-0.05, 0) is 48.8 Å². The van der Waals surface area contributed by atoms with Crippen molar-refractivity contribution in [2.75, 3.05) is 25.1 Å². The summed E-state index contributed by atoms with van der Waals surface area (Å²) < 4.78 is 19.4. The van der Waals surface area contributed by atoms with Gasteiger partial charge in [-0.2, -0.15) is 4.98 Å². The Hall–Kier alpha value is -3.38. The second kappa shape index (κ2) is 13.7. The lowest BCUT2D eigenvalue weighted by Gasteiger charge is -2.37. The van der Waals surface area contributed by atoms with Crippen LogP contribution in [-0.4, -0.2) is 73.8 Å². The minimum atomic E-state index is -0.817. The summed E-state index contributed by atoms with van der Waals surface area (Å²) in [6, 6.07) is 9.07. The fraction of sp³-hybridized carbons (Fsp3) is 0.548. The highest BCUT2D eigenvalue weighted by molar-refractivity contribution is 5.91. The second-order valence-electron chi connectivity index (χ2n) is 11.6. The first kappa shape index (κ1) is 30.1. The maximum atomic E-state index is 12.7. The van der Waals surface area contributed by atoms with E-state index in [4.69, 9.17) is 14.2 Å². The van der Waals surface area contributed by atoms with E-state index in [1.807, 2.05) is 30.4 Å². The number of amides is 1. The van der Waals surface area contributed by atoms with E-state index in [0.29, 0.717) is 47.0 Å². The molecule has 2 aromatic heterocycles. The summed E-state index contributed by atoms with van der Waals surface area (Å²) in [6.07, 6.45) is 7.19. The minimum Gasteiger partial charge on any atom is -0.484 e. The molecular formula is C31H41N5O6. The van der Waals surface area contributed by atoms with Gasteiger partial charge in [-0.1, -0.05) is 51.5 Å². The lowest BCUT2D eigenvalue weighted by atomic mass is 9.75.